The molecule has 1 atom stereocenters. The molecule has 1 aliphatic heterocycles. The van der Waals surface area contributed by atoms with Gasteiger partial charge in [0.2, 0.25) is 0 Å². The molecule has 0 radical (unpaired) electrons. The van der Waals surface area contributed by atoms with Gasteiger partial charge in [-0.25, -0.2) is 0 Å². The van der Waals surface area contributed by atoms with Gasteiger partial charge in [0, 0.05) is 24.0 Å². The second-order valence-electron chi connectivity index (χ2n) is 6.67. The van der Waals surface area contributed by atoms with Crippen molar-refractivity contribution in [2.24, 2.45) is 0 Å². The quantitative estimate of drug-likeness (QED) is 0.854. The molecule has 3 nitrogen and oxygen atoms in total. The molecule has 2 N–H and O–H groups in total. The van der Waals surface area contributed by atoms with E-state index < -0.39 is 5.60 Å². The van der Waals surface area contributed by atoms with Crippen molar-refractivity contribution in [2.45, 2.75) is 38.0 Å². The van der Waals surface area contributed by atoms with Gasteiger partial charge >= 0.3 is 0 Å². The number of nitrogens with zero attached hydrogens (tertiary/aromatic N) is 1. The summed E-state index contributed by atoms with van der Waals surface area (Å²) < 4.78 is 0. The van der Waals surface area contributed by atoms with E-state index in [4.69, 9.17) is 0 Å². The fraction of sp³-hybridized carbons (Fsp3) is 0.474. The van der Waals surface area contributed by atoms with E-state index in [1.807, 2.05) is 24.4 Å². The third kappa shape index (κ3) is 4.64. The molecule has 0 spiro atoms. The van der Waals surface area contributed by atoms with E-state index >= 15 is 0 Å². The van der Waals surface area contributed by atoms with Gasteiger partial charge in [0.25, 0.3) is 0 Å². The first-order chi connectivity index (χ1) is 11.1. The predicted octanol–water partition coefficient (Wildman–Crippen LogP) is 3.21. The Bertz CT molecular complexity index is 575. The van der Waals surface area contributed by atoms with Crippen LogP contribution in [0.2, 0.25) is 0 Å². The normalized spacial score (nSPS) is 19.6. The van der Waals surface area contributed by atoms with Gasteiger partial charge in [0.15, 0.2) is 0 Å². The molecule has 3 rings (SSSR count). The molecule has 0 aliphatic carbocycles. The van der Waals surface area contributed by atoms with Crippen molar-refractivity contribution in [3.8, 4) is 0 Å². The van der Waals surface area contributed by atoms with Crippen LogP contribution in [0.25, 0.3) is 0 Å². The van der Waals surface area contributed by atoms with Crippen LogP contribution in [-0.2, 0) is 12.1 Å². The van der Waals surface area contributed by atoms with E-state index in [2.05, 4.69) is 40.5 Å². The molecule has 2 heterocycles. The molecule has 0 bridgehead atoms. The molecule has 1 saturated heterocycles. The average Bonchev–Trinajstić information content (AvgIpc) is 3.11. The number of thiophene rings is 1. The highest BCUT2D eigenvalue weighted by atomic mass is 32.1. The molecule has 0 saturated carbocycles. The van der Waals surface area contributed by atoms with Crippen LogP contribution in [0.3, 0.4) is 0 Å². The molecular weight excluding hydrogens is 304 g/mol. The van der Waals surface area contributed by atoms with Gasteiger partial charge in [-0.05, 0) is 49.9 Å². The highest BCUT2D eigenvalue weighted by Gasteiger charge is 2.26. The van der Waals surface area contributed by atoms with Crippen molar-refractivity contribution in [3.05, 3.63) is 58.3 Å². The van der Waals surface area contributed by atoms with Crippen LogP contribution >= 0.6 is 11.3 Å². The molecule has 2 aromatic rings. The van der Waals surface area contributed by atoms with Gasteiger partial charge in [0.05, 0.1) is 0 Å². The summed E-state index contributed by atoms with van der Waals surface area (Å²) in [7, 11) is 0. The fourth-order valence-electron chi connectivity index (χ4n) is 3.15. The van der Waals surface area contributed by atoms with E-state index in [9.17, 15) is 5.11 Å². The first-order valence-electron chi connectivity index (χ1n) is 8.39. The van der Waals surface area contributed by atoms with Gasteiger partial charge < -0.3 is 10.4 Å². The van der Waals surface area contributed by atoms with Crippen LogP contribution in [0.1, 0.15) is 30.2 Å². The number of aliphatic hydroxyl groups is 1. The van der Waals surface area contributed by atoms with Crippen LogP contribution in [0, 0.1) is 0 Å². The number of rotatable bonds is 6. The lowest BCUT2D eigenvalue weighted by atomic mass is 10.0. The Hall–Kier alpha value is -1.20. The molecule has 1 aromatic heterocycles. The van der Waals surface area contributed by atoms with Crippen molar-refractivity contribution >= 4 is 11.3 Å². The van der Waals surface area contributed by atoms with Crippen molar-refractivity contribution in [2.75, 3.05) is 19.6 Å². The second kappa shape index (κ2) is 7.58. The van der Waals surface area contributed by atoms with Crippen molar-refractivity contribution < 1.29 is 5.11 Å². The third-order valence-corrected chi connectivity index (χ3v) is 5.75. The minimum absolute atomic E-state index is 0.508. The smallest absolute Gasteiger partial charge is 0.108 e. The molecule has 4 heteroatoms. The Labute approximate surface area is 143 Å². The Kier molecular flexibility index (Phi) is 5.49. The summed E-state index contributed by atoms with van der Waals surface area (Å²) in [6, 6.07) is 15.2. The third-order valence-electron chi connectivity index (χ3n) is 4.62. The number of hydrogen-bond donors (Lipinski definition) is 2. The van der Waals surface area contributed by atoms with E-state index in [1.165, 1.54) is 5.56 Å². The zero-order valence-electron chi connectivity index (χ0n) is 13.7. The van der Waals surface area contributed by atoms with Crippen LogP contribution in [0.4, 0.5) is 0 Å². The van der Waals surface area contributed by atoms with Crippen molar-refractivity contribution in [1.82, 2.24) is 10.2 Å². The summed E-state index contributed by atoms with van der Waals surface area (Å²) in [5, 5.41) is 16.2. The van der Waals surface area contributed by atoms with Gasteiger partial charge in [-0.15, -0.1) is 11.3 Å². The topological polar surface area (TPSA) is 35.5 Å². The summed E-state index contributed by atoms with van der Waals surface area (Å²) in [6.45, 7) is 5.80. The maximum Gasteiger partial charge on any atom is 0.108 e. The first kappa shape index (κ1) is 16.7. The SMILES string of the molecule is CC(O)(CNC1CCN(Cc2ccccc2)CC1)c1cccs1. The highest BCUT2D eigenvalue weighted by molar-refractivity contribution is 7.10. The molecule has 1 aliphatic rings. The number of hydrogen-bond acceptors (Lipinski definition) is 4. The Morgan fingerprint density at radius 1 is 1.17 bits per heavy atom. The van der Waals surface area contributed by atoms with E-state index in [-0.39, 0.29) is 0 Å². The minimum atomic E-state index is -0.769. The van der Waals surface area contributed by atoms with Crippen molar-refractivity contribution in [3.63, 3.8) is 0 Å². The number of nitrogens with one attached hydrogen (secondary N) is 1. The zero-order valence-corrected chi connectivity index (χ0v) is 14.6. The summed E-state index contributed by atoms with van der Waals surface area (Å²) in [6.07, 6.45) is 2.29. The van der Waals surface area contributed by atoms with Gasteiger partial charge in [-0.1, -0.05) is 36.4 Å². The van der Waals surface area contributed by atoms with Gasteiger partial charge in [-0.2, -0.15) is 0 Å². The lowest BCUT2D eigenvalue weighted by Gasteiger charge is -2.34. The molecule has 1 unspecified atom stereocenters. The summed E-state index contributed by atoms with van der Waals surface area (Å²) in [4.78, 5) is 3.55. The van der Waals surface area contributed by atoms with Gasteiger partial charge in [0.1, 0.15) is 5.60 Å². The van der Waals surface area contributed by atoms with Gasteiger partial charge in [-0.3, -0.25) is 4.90 Å². The van der Waals surface area contributed by atoms with Crippen LogP contribution in [0.15, 0.2) is 47.8 Å². The number of benzene rings is 1. The Balaban J connectivity index is 1.43. The maximum absolute atomic E-state index is 10.6. The predicted molar refractivity (Wildman–Crippen MR) is 96.6 cm³/mol. The van der Waals surface area contributed by atoms with Crippen molar-refractivity contribution in [1.29, 1.82) is 0 Å². The van der Waals surface area contributed by atoms with Crippen LogP contribution < -0.4 is 5.32 Å². The maximum atomic E-state index is 10.6. The Morgan fingerprint density at radius 3 is 2.57 bits per heavy atom. The Morgan fingerprint density at radius 2 is 1.91 bits per heavy atom. The summed E-state index contributed by atoms with van der Waals surface area (Å²) in [5.74, 6) is 0. The largest absolute Gasteiger partial charge is 0.383 e. The molecule has 1 fully saturated rings. The zero-order chi connectivity index (χ0) is 16.1. The minimum Gasteiger partial charge on any atom is -0.383 e. The van der Waals surface area contributed by atoms with Crippen LogP contribution in [0.5, 0.6) is 0 Å². The number of likely N-dealkylation sites (tertiary alicyclic amines) is 1. The second-order valence-corrected chi connectivity index (χ2v) is 7.62. The van der Waals surface area contributed by atoms with Crippen LogP contribution in [-0.4, -0.2) is 35.7 Å². The fourth-order valence-corrected chi connectivity index (χ4v) is 3.94. The van der Waals surface area contributed by atoms with E-state index in [1.54, 1.807) is 11.3 Å². The highest BCUT2D eigenvalue weighted by Crippen LogP contribution is 2.25. The molecular formula is C19H26N2OS. The first-order valence-corrected chi connectivity index (χ1v) is 9.27. The van der Waals surface area contributed by atoms with E-state index in [0.29, 0.717) is 12.6 Å². The summed E-state index contributed by atoms with van der Waals surface area (Å²) >= 11 is 1.62. The van der Waals surface area contributed by atoms with E-state index in [0.717, 1.165) is 37.4 Å². The molecule has 124 valence electrons. The molecule has 1 aromatic carbocycles. The lowest BCUT2D eigenvalue weighted by molar-refractivity contribution is 0.0535. The average molecular weight is 330 g/mol. The summed E-state index contributed by atoms with van der Waals surface area (Å²) in [5.41, 5.74) is 0.620. The monoisotopic (exact) mass is 330 g/mol. The lowest BCUT2D eigenvalue weighted by Crippen LogP contribution is -2.46. The molecule has 0 amide bonds. The molecule has 23 heavy (non-hydrogen) atoms. The number of piperidine rings is 1. The standard InChI is InChI=1S/C19H26N2OS/c1-19(22,18-8-5-13-23-18)15-20-17-9-11-21(12-10-17)14-16-6-3-2-4-7-16/h2-8,13,17,20,22H,9-12,14-15H2,1H3.